The summed E-state index contributed by atoms with van der Waals surface area (Å²) in [5.74, 6) is -1.07. The van der Waals surface area contributed by atoms with Gasteiger partial charge in [0.2, 0.25) is 0 Å². The Bertz CT molecular complexity index is 905. The van der Waals surface area contributed by atoms with Gasteiger partial charge in [0.25, 0.3) is 5.91 Å². The molecule has 138 valence electrons. The molecule has 2 heterocycles. The molecule has 0 bridgehead atoms. The molecule has 1 saturated heterocycles. The maximum Gasteiger partial charge on any atom is 0.355 e. The van der Waals surface area contributed by atoms with Gasteiger partial charge in [0.1, 0.15) is 5.69 Å². The summed E-state index contributed by atoms with van der Waals surface area (Å²) in [7, 11) is -1.45. The minimum Gasteiger partial charge on any atom is -0.451 e. The van der Waals surface area contributed by atoms with Crippen molar-refractivity contribution in [2.75, 3.05) is 23.0 Å². The average molecular weight is 376 g/mol. The number of ether oxygens (including phenoxy) is 1. The molecule has 0 aliphatic carbocycles. The number of amides is 1. The first-order valence-electron chi connectivity index (χ1n) is 8.23. The molecule has 1 amide bonds. The Balaban J connectivity index is 1.75. The maximum absolute atomic E-state index is 12.7. The minimum absolute atomic E-state index is 0.0530. The molecule has 1 aliphatic rings. The number of hydrogen-bond acceptors (Lipinski definition) is 5. The lowest BCUT2D eigenvalue weighted by Gasteiger charge is -2.28. The second-order valence-corrected chi connectivity index (χ2v) is 8.47. The van der Waals surface area contributed by atoms with Crippen molar-refractivity contribution < 1.29 is 22.7 Å². The number of esters is 1. The fraction of sp³-hybridized carbons (Fsp3) is 0.333. The highest BCUT2D eigenvalue weighted by Gasteiger charge is 2.35. The molecule has 26 heavy (non-hydrogen) atoms. The Morgan fingerprint density at radius 2 is 1.92 bits per heavy atom. The molecule has 1 atom stereocenters. The monoisotopic (exact) mass is 376 g/mol. The third-order valence-electron chi connectivity index (χ3n) is 4.36. The molecule has 0 N–H and O–H groups in total. The number of nitrogens with zero attached hydrogens (tertiary/aromatic N) is 2. The third kappa shape index (κ3) is 3.96. The molecule has 1 fully saturated rings. The molecule has 3 rings (SSSR count). The number of carbonyl (C=O) groups is 2. The van der Waals surface area contributed by atoms with E-state index in [1.54, 1.807) is 54.2 Å². The van der Waals surface area contributed by atoms with Crippen LogP contribution in [0.3, 0.4) is 0 Å². The van der Waals surface area contributed by atoms with Crippen LogP contribution in [0.15, 0.2) is 48.7 Å². The topological polar surface area (TPSA) is 85.7 Å². The number of hydrogen-bond donors (Lipinski definition) is 0. The molecule has 7 nitrogen and oxygen atoms in total. The van der Waals surface area contributed by atoms with E-state index in [0.717, 1.165) is 0 Å². The van der Waals surface area contributed by atoms with E-state index < -0.39 is 34.4 Å². The number of carbonyl (C=O) groups excluding carboxylic acids is 2. The van der Waals surface area contributed by atoms with E-state index in [-0.39, 0.29) is 11.5 Å². The van der Waals surface area contributed by atoms with Gasteiger partial charge in [-0.05, 0) is 30.7 Å². The minimum atomic E-state index is -3.16. The number of benzene rings is 1. The zero-order valence-corrected chi connectivity index (χ0v) is 15.2. The normalized spacial score (nSPS) is 18.4. The average Bonchev–Trinajstić information content (AvgIpc) is 3.19. The van der Waals surface area contributed by atoms with Crippen LogP contribution < -0.4 is 4.90 Å². The number of sulfone groups is 1. The van der Waals surface area contributed by atoms with Gasteiger partial charge in [0.05, 0.1) is 17.5 Å². The fourth-order valence-electron chi connectivity index (χ4n) is 3.07. The van der Waals surface area contributed by atoms with E-state index >= 15 is 0 Å². The Hall–Kier alpha value is -2.61. The Morgan fingerprint density at radius 1 is 1.19 bits per heavy atom. The molecule has 1 aromatic heterocycles. The van der Waals surface area contributed by atoms with Crippen LogP contribution in [0.25, 0.3) is 0 Å². The van der Waals surface area contributed by atoms with E-state index in [9.17, 15) is 18.0 Å². The Morgan fingerprint density at radius 3 is 2.50 bits per heavy atom. The van der Waals surface area contributed by atoms with Crippen molar-refractivity contribution in [2.45, 2.75) is 12.5 Å². The largest absolute Gasteiger partial charge is 0.451 e. The number of anilines is 1. The molecule has 0 radical (unpaired) electrons. The number of para-hydroxylation sites is 1. The smallest absolute Gasteiger partial charge is 0.355 e. The van der Waals surface area contributed by atoms with E-state index in [0.29, 0.717) is 17.8 Å². The van der Waals surface area contributed by atoms with Gasteiger partial charge in [-0.3, -0.25) is 4.79 Å². The summed E-state index contributed by atoms with van der Waals surface area (Å²) in [6, 6.07) is 11.7. The summed E-state index contributed by atoms with van der Waals surface area (Å²) in [6.07, 6.45) is 2.08. The predicted molar refractivity (Wildman–Crippen MR) is 96.7 cm³/mol. The second-order valence-electron chi connectivity index (χ2n) is 6.24. The van der Waals surface area contributed by atoms with Crippen LogP contribution in [0.2, 0.25) is 0 Å². The molecular formula is C18H20N2O5S. The van der Waals surface area contributed by atoms with Crippen LogP contribution in [-0.4, -0.2) is 49.0 Å². The summed E-state index contributed by atoms with van der Waals surface area (Å²) < 4.78 is 30.4. The van der Waals surface area contributed by atoms with Crippen molar-refractivity contribution in [3.8, 4) is 0 Å². The van der Waals surface area contributed by atoms with Crippen molar-refractivity contribution >= 4 is 27.4 Å². The van der Waals surface area contributed by atoms with E-state index in [1.807, 2.05) is 6.07 Å². The summed E-state index contributed by atoms with van der Waals surface area (Å²) in [6.45, 7) is -0.449. The molecule has 0 unspecified atom stereocenters. The summed E-state index contributed by atoms with van der Waals surface area (Å²) in [5.41, 5.74) is 0.932. The zero-order chi connectivity index (χ0) is 18.7. The molecular weight excluding hydrogens is 356 g/mol. The highest BCUT2D eigenvalue weighted by Crippen LogP contribution is 2.24. The molecule has 8 heteroatoms. The SMILES string of the molecule is Cn1cccc1C(=O)OCC(=O)N(c1ccccc1)[C@@H]1CCS(=O)(=O)C1. The van der Waals surface area contributed by atoms with Gasteiger partial charge in [-0.25, -0.2) is 13.2 Å². The Labute approximate surface area is 152 Å². The molecule has 1 aliphatic heterocycles. The lowest BCUT2D eigenvalue weighted by atomic mass is 10.2. The number of aromatic nitrogens is 1. The first-order chi connectivity index (χ1) is 12.4. The predicted octanol–water partition coefficient (Wildman–Crippen LogP) is 1.40. The fourth-order valence-corrected chi connectivity index (χ4v) is 4.77. The van der Waals surface area contributed by atoms with Gasteiger partial charge in [0.15, 0.2) is 16.4 Å². The first-order valence-corrected chi connectivity index (χ1v) is 10.1. The van der Waals surface area contributed by atoms with E-state index in [4.69, 9.17) is 4.74 Å². The summed E-state index contributed by atoms with van der Waals surface area (Å²) in [4.78, 5) is 26.3. The van der Waals surface area contributed by atoms with Gasteiger partial charge < -0.3 is 14.2 Å². The maximum atomic E-state index is 12.7. The van der Waals surface area contributed by atoms with Gasteiger partial charge in [-0.1, -0.05) is 18.2 Å². The lowest BCUT2D eigenvalue weighted by molar-refractivity contribution is -0.122. The van der Waals surface area contributed by atoms with Crippen LogP contribution in [0.4, 0.5) is 5.69 Å². The van der Waals surface area contributed by atoms with Crippen LogP contribution in [0, 0.1) is 0 Å². The molecule has 2 aromatic rings. The Kier molecular flexibility index (Phi) is 5.13. The van der Waals surface area contributed by atoms with Crippen LogP contribution in [0.5, 0.6) is 0 Å². The summed E-state index contributed by atoms with van der Waals surface area (Å²) >= 11 is 0. The van der Waals surface area contributed by atoms with E-state index in [1.165, 1.54) is 4.90 Å². The van der Waals surface area contributed by atoms with Gasteiger partial charge in [0, 0.05) is 18.9 Å². The highest BCUT2D eigenvalue weighted by atomic mass is 32.2. The van der Waals surface area contributed by atoms with Crippen LogP contribution in [-0.2, 0) is 26.4 Å². The highest BCUT2D eigenvalue weighted by molar-refractivity contribution is 7.91. The first kappa shape index (κ1) is 18.2. The van der Waals surface area contributed by atoms with Gasteiger partial charge in [-0.15, -0.1) is 0 Å². The quantitative estimate of drug-likeness (QED) is 0.737. The van der Waals surface area contributed by atoms with Crippen LogP contribution in [0.1, 0.15) is 16.9 Å². The standard InChI is InChI=1S/C18H20N2O5S/c1-19-10-5-8-16(19)18(22)25-12-17(21)20(14-6-3-2-4-7-14)15-9-11-26(23,24)13-15/h2-8,10,15H,9,11-13H2,1H3/t15-/m1/s1. The lowest BCUT2D eigenvalue weighted by Crippen LogP contribution is -2.43. The van der Waals surface area contributed by atoms with Crippen molar-refractivity contribution in [1.82, 2.24) is 4.57 Å². The third-order valence-corrected chi connectivity index (χ3v) is 6.11. The van der Waals surface area contributed by atoms with Crippen molar-refractivity contribution in [1.29, 1.82) is 0 Å². The van der Waals surface area contributed by atoms with Crippen molar-refractivity contribution in [3.05, 3.63) is 54.4 Å². The zero-order valence-electron chi connectivity index (χ0n) is 14.4. The van der Waals surface area contributed by atoms with Crippen molar-refractivity contribution in [3.63, 3.8) is 0 Å². The van der Waals surface area contributed by atoms with E-state index in [2.05, 4.69) is 0 Å². The van der Waals surface area contributed by atoms with Crippen LogP contribution >= 0.6 is 0 Å². The number of aryl methyl sites for hydroxylation is 1. The molecule has 0 spiro atoms. The molecule has 1 aromatic carbocycles. The number of rotatable bonds is 5. The van der Waals surface area contributed by atoms with Gasteiger partial charge in [-0.2, -0.15) is 0 Å². The summed E-state index contributed by atoms with van der Waals surface area (Å²) in [5, 5.41) is 0. The molecule has 0 saturated carbocycles. The van der Waals surface area contributed by atoms with Gasteiger partial charge >= 0.3 is 5.97 Å². The van der Waals surface area contributed by atoms with Crippen molar-refractivity contribution in [2.24, 2.45) is 7.05 Å². The second kappa shape index (κ2) is 7.33.